The molecule has 60 valence electrons. The summed E-state index contributed by atoms with van der Waals surface area (Å²) >= 11 is 0. The van der Waals surface area contributed by atoms with Crippen molar-refractivity contribution in [2.45, 2.75) is 19.0 Å². The third-order valence-corrected chi connectivity index (χ3v) is 1.87. The number of amides is 1. The number of carbonyl (C=O) groups excluding carboxylic acids is 1. The Morgan fingerprint density at radius 3 is 3.09 bits per heavy atom. The summed E-state index contributed by atoms with van der Waals surface area (Å²) in [6.07, 6.45) is 1.49. The van der Waals surface area contributed by atoms with Gasteiger partial charge in [-0.05, 0) is 6.42 Å². The molecular formula is C7H11N3O. The van der Waals surface area contributed by atoms with Gasteiger partial charge in [-0.2, -0.15) is 0 Å². The van der Waals surface area contributed by atoms with Crippen LogP contribution >= 0.6 is 0 Å². The summed E-state index contributed by atoms with van der Waals surface area (Å²) in [6.45, 7) is 7.51. The zero-order valence-corrected chi connectivity index (χ0v) is 6.29. The standard InChI is InChI=1S/C7H11N3O/c1-9-6-3-2-4-10(6)7(11)5-8/h6H,2-5,8H2/t6-/m0/s1. The summed E-state index contributed by atoms with van der Waals surface area (Å²) in [5.41, 5.74) is 5.17. The van der Waals surface area contributed by atoms with Crippen LogP contribution in [0, 0.1) is 6.57 Å². The first kappa shape index (κ1) is 8.02. The fourth-order valence-corrected chi connectivity index (χ4v) is 1.29. The molecule has 0 aromatic carbocycles. The molecule has 1 fully saturated rings. The van der Waals surface area contributed by atoms with Gasteiger partial charge in [0.15, 0.2) is 0 Å². The molecule has 11 heavy (non-hydrogen) atoms. The molecule has 1 atom stereocenters. The molecule has 2 N–H and O–H groups in total. The Balaban J connectivity index is 2.58. The number of hydrogen-bond acceptors (Lipinski definition) is 2. The van der Waals surface area contributed by atoms with E-state index in [9.17, 15) is 4.79 Å². The Hall–Kier alpha value is -1.08. The second-order valence-corrected chi connectivity index (χ2v) is 2.54. The van der Waals surface area contributed by atoms with Crippen LogP contribution in [0.25, 0.3) is 4.85 Å². The van der Waals surface area contributed by atoms with Gasteiger partial charge in [0.2, 0.25) is 5.91 Å². The zero-order valence-electron chi connectivity index (χ0n) is 6.29. The van der Waals surface area contributed by atoms with Crippen molar-refractivity contribution in [1.29, 1.82) is 0 Å². The molecule has 4 heteroatoms. The lowest BCUT2D eigenvalue weighted by Crippen LogP contribution is -2.37. The fourth-order valence-electron chi connectivity index (χ4n) is 1.29. The zero-order chi connectivity index (χ0) is 8.27. The maximum Gasteiger partial charge on any atom is 0.300 e. The van der Waals surface area contributed by atoms with Gasteiger partial charge < -0.3 is 5.73 Å². The summed E-state index contributed by atoms with van der Waals surface area (Å²) < 4.78 is 0. The van der Waals surface area contributed by atoms with Crippen molar-refractivity contribution in [2.24, 2.45) is 5.73 Å². The molecule has 1 saturated heterocycles. The molecule has 0 aromatic rings. The maximum absolute atomic E-state index is 11.0. The average Bonchev–Trinajstić information content (AvgIpc) is 2.50. The van der Waals surface area contributed by atoms with Crippen LogP contribution in [-0.4, -0.2) is 30.1 Å². The van der Waals surface area contributed by atoms with Crippen LogP contribution in [-0.2, 0) is 4.79 Å². The number of nitrogens with two attached hydrogens (primary N) is 1. The fraction of sp³-hybridized carbons (Fsp3) is 0.714. The highest BCUT2D eigenvalue weighted by Gasteiger charge is 2.31. The summed E-state index contributed by atoms with van der Waals surface area (Å²) in [5, 5.41) is 0. The number of carbonyl (C=O) groups is 1. The Morgan fingerprint density at radius 1 is 1.82 bits per heavy atom. The first-order chi connectivity index (χ1) is 5.29. The van der Waals surface area contributed by atoms with Crippen LogP contribution in [0.4, 0.5) is 0 Å². The normalized spacial score (nSPS) is 23.3. The average molecular weight is 153 g/mol. The van der Waals surface area contributed by atoms with E-state index in [1.54, 1.807) is 4.90 Å². The van der Waals surface area contributed by atoms with E-state index in [-0.39, 0.29) is 18.6 Å². The monoisotopic (exact) mass is 153 g/mol. The summed E-state index contributed by atoms with van der Waals surface area (Å²) in [5.74, 6) is -0.108. The molecule has 4 nitrogen and oxygen atoms in total. The third kappa shape index (κ3) is 1.49. The Labute approximate surface area is 65.8 Å². The number of rotatable bonds is 1. The predicted octanol–water partition coefficient (Wildman–Crippen LogP) is -0.187. The minimum atomic E-state index is -0.244. The van der Waals surface area contributed by atoms with Gasteiger partial charge in [-0.25, -0.2) is 6.57 Å². The lowest BCUT2D eigenvalue weighted by atomic mass is 10.3. The van der Waals surface area contributed by atoms with Crippen LogP contribution in [0.1, 0.15) is 12.8 Å². The second-order valence-electron chi connectivity index (χ2n) is 2.54. The Bertz CT molecular complexity index is 196. The topological polar surface area (TPSA) is 50.7 Å². The molecule has 1 aliphatic heterocycles. The molecule has 1 aliphatic rings. The lowest BCUT2D eigenvalue weighted by molar-refractivity contribution is -0.129. The van der Waals surface area contributed by atoms with Gasteiger partial charge in [0.1, 0.15) is 0 Å². The molecular weight excluding hydrogens is 142 g/mol. The number of likely N-dealkylation sites (tertiary alicyclic amines) is 1. The van der Waals surface area contributed by atoms with E-state index in [1.165, 1.54) is 0 Å². The number of hydrogen-bond donors (Lipinski definition) is 1. The van der Waals surface area contributed by atoms with Crippen molar-refractivity contribution in [2.75, 3.05) is 13.1 Å². The SMILES string of the molecule is [C-]#[N+][C@@H]1CCCN1C(=O)CN. The van der Waals surface area contributed by atoms with E-state index in [0.717, 1.165) is 12.8 Å². The summed E-state index contributed by atoms with van der Waals surface area (Å²) in [4.78, 5) is 15.9. The lowest BCUT2D eigenvalue weighted by Gasteiger charge is -2.14. The quantitative estimate of drug-likeness (QED) is 0.531. The van der Waals surface area contributed by atoms with Crippen molar-refractivity contribution in [3.63, 3.8) is 0 Å². The Morgan fingerprint density at radius 2 is 2.55 bits per heavy atom. The van der Waals surface area contributed by atoms with E-state index in [4.69, 9.17) is 12.3 Å². The van der Waals surface area contributed by atoms with Crippen molar-refractivity contribution in [3.05, 3.63) is 11.4 Å². The first-order valence-electron chi connectivity index (χ1n) is 3.65. The van der Waals surface area contributed by atoms with Gasteiger partial charge >= 0.3 is 6.17 Å². The Kier molecular flexibility index (Phi) is 2.44. The minimum Gasteiger partial charge on any atom is -0.322 e. The maximum atomic E-state index is 11.0. The van der Waals surface area contributed by atoms with E-state index in [1.807, 2.05) is 0 Å². The van der Waals surface area contributed by atoms with Gasteiger partial charge in [-0.1, -0.05) is 0 Å². The van der Waals surface area contributed by atoms with Crippen LogP contribution in [0.2, 0.25) is 0 Å². The molecule has 0 bridgehead atoms. The molecule has 0 spiro atoms. The number of nitrogens with zero attached hydrogens (tertiary/aromatic N) is 2. The van der Waals surface area contributed by atoms with Gasteiger partial charge in [0, 0.05) is 13.0 Å². The van der Waals surface area contributed by atoms with E-state index in [0.29, 0.717) is 6.54 Å². The van der Waals surface area contributed by atoms with E-state index < -0.39 is 0 Å². The predicted molar refractivity (Wildman–Crippen MR) is 40.4 cm³/mol. The van der Waals surface area contributed by atoms with E-state index in [2.05, 4.69) is 4.85 Å². The highest BCUT2D eigenvalue weighted by Crippen LogP contribution is 2.17. The highest BCUT2D eigenvalue weighted by atomic mass is 16.2. The molecule has 1 heterocycles. The summed E-state index contributed by atoms with van der Waals surface area (Å²) in [7, 11) is 0. The molecule has 1 amide bonds. The van der Waals surface area contributed by atoms with E-state index >= 15 is 0 Å². The van der Waals surface area contributed by atoms with Crippen molar-refractivity contribution >= 4 is 5.91 Å². The van der Waals surface area contributed by atoms with Gasteiger partial charge in [0.25, 0.3) is 0 Å². The molecule has 0 unspecified atom stereocenters. The summed E-state index contributed by atoms with van der Waals surface area (Å²) in [6, 6.07) is 0. The second kappa shape index (κ2) is 3.35. The molecule has 1 rings (SSSR count). The highest BCUT2D eigenvalue weighted by molar-refractivity contribution is 5.78. The van der Waals surface area contributed by atoms with Crippen molar-refractivity contribution in [1.82, 2.24) is 4.90 Å². The largest absolute Gasteiger partial charge is 0.322 e. The molecule has 0 aromatic heterocycles. The molecule has 0 radical (unpaired) electrons. The molecule has 0 aliphatic carbocycles. The van der Waals surface area contributed by atoms with Gasteiger partial charge in [-0.15, -0.1) is 0 Å². The van der Waals surface area contributed by atoms with Crippen molar-refractivity contribution in [3.8, 4) is 0 Å². The molecule has 0 saturated carbocycles. The minimum absolute atomic E-state index is 0.0199. The van der Waals surface area contributed by atoms with Crippen LogP contribution in [0.15, 0.2) is 0 Å². The van der Waals surface area contributed by atoms with Gasteiger partial charge in [-0.3, -0.25) is 14.5 Å². The smallest absolute Gasteiger partial charge is 0.300 e. The van der Waals surface area contributed by atoms with Crippen LogP contribution in [0.3, 0.4) is 0 Å². The van der Waals surface area contributed by atoms with Crippen LogP contribution < -0.4 is 5.73 Å². The van der Waals surface area contributed by atoms with Gasteiger partial charge in [0.05, 0.1) is 6.54 Å². The third-order valence-electron chi connectivity index (χ3n) is 1.87. The van der Waals surface area contributed by atoms with Crippen LogP contribution in [0.5, 0.6) is 0 Å². The van der Waals surface area contributed by atoms with Crippen molar-refractivity contribution < 1.29 is 4.79 Å². The first-order valence-corrected chi connectivity index (χ1v) is 3.65.